The molecule has 0 spiro atoms. The van der Waals surface area contributed by atoms with Crippen LogP contribution >= 0.6 is 0 Å². The number of carbonyl (C=O) groups is 1. The van der Waals surface area contributed by atoms with Gasteiger partial charge in [0.2, 0.25) is 5.95 Å². The van der Waals surface area contributed by atoms with Crippen molar-refractivity contribution in [2.24, 2.45) is 0 Å². The number of unbranched alkanes of at least 4 members (excludes halogenated alkanes) is 1. The van der Waals surface area contributed by atoms with E-state index >= 15 is 0 Å². The molecule has 2 N–H and O–H groups in total. The summed E-state index contributed by atoms with van der Waals surface area (Å²) >= 11 is 0. The van der Waals surface area contributed by atoms with E-state index in [0.717, 1.165) is 29.8 Å². The molecule has 1 heterocycles. The van der Waals surface area contributed by atoms with Gasteiger partial charge in [-0.15, -0.1) is 0 Å². The number of anilines is 2. The number of carbonyl (C=O) groups excluding carboxylic acids is 1. The molecule has 0 aliphatic heterocycles. The lowest BCUT2D eigenvalue weighted by molar-refractivity contribution is 0.0952. The lowest BCUT2D eigenvalue weighted by Gasteiger charge is -2.09. The van der Waals surface area contributed by atoms with Crippen LogP contribution in [0.4, 0.5) is 11.6 Å². The first-order chi connectivity index (χ1) is 13.7. The maximum atomic E-state index is 12.0. The standard InChI is InChI=1S/C22H24N4O2/c1-2-3-13-23-21(27)18-14-24-22(25-15-18)26-19-9-11-20(12-10-19)28-16-17-7-5-4-6-8-17/h4-12,14-15H,2-3,13,16H2,1H3,(H,23,27)(H,24,25,26). The van der Waals surface area contributed by atoms with Gasteiger partial charge in [-0.05, 0) is 36.2 Å². The first-order valence-electron chi connectivity index (χ1n) is 9.38. The lowest BCUT2D eigenvalue weighted by atomic mass is 10.2. The second kappa shape index (κ2) is 10.1. The average molecular weight is 376 g/mol. The molecule has 6 heteroatoms. The monoisotopic (exact) mass is 376 g/mol. The van der Waals surface area contributed by atoms with Gasteiger partial charge in [-0.25, -0.2) is 9.97 Å². The summed E-state index contributed by atoms with van der Waals surface area (Å²) in [7, 11) is 0. The van der Waals surface area contributed by atoms with Crippen LogP contribution in [0.2, 0.25) is 0 Å². The minimum Gasteiger partial charge on any atom is -0.489 e. The minimum absolute atomic E-state index is 0.153. The van der Waals surface area contributed by atoms with Crippen molar-refractivity contribution < 1.29 is 9.53 Å². The van der Waals surface area contributed by atoms with Gasteiger partial charge < -0.3 is 15.4 Å². The molecule has 0 aliphatic rings. The second-order valence-electron chi connectivity index (χ2n) is 6.33. The van der Waals surface area contributed by atoms with Crippen molar-refractivity contribution in [3.63, 3.8) is 0 Å². The Labute approximate surface area is 165 Å². The minimum atomic E-state index is -0.153. The van der Waals surface area contributed by atoms with Crippen LogP contribution in [0.1, 0.15) is 35.7 Å². The summed E-state index contributed by atoms with van der Waals surface area (Å²) in [4.78, 5) is 20.4. The summed E-state index contributed by atoms with van der Waals surface area (Å²) in [6.07, 6.45) is 5.04. The Balaban J connectivity index is 1.51. The van der Waals surface area contributed by atoms with Gasteiger partial charge in [-0.2, -0.15) is 0 Å². The van der Waals surface area contributed by atoms with Gasteiger partial charge in [0.1, 0.15) is 12.4 Å². The molecule has 3 aromatic rings. The maximum absolute atomic E-state index is 12.0. The number of ether oxygens (including phenoxy) is 1. The van der Waals surface area contributed by atoms with Crippen LogP contribution < -0.4 is 15.4 Å². The van der Waals surface area contributed by atoms with E-state index in [9.17, 15) is 4.79 Å². The number of rotatable bonds is 9. The number of amides is 1. The fourth-order valence-electron chi connectivity index (χ4n) is 2.50. The predicted octanol–water partition coefficient (Wildman–Crippen LogP) is 4.33. The zero-order chi connectivity index (χ0) is 19.6. The topological polar surface area (TPSA) is 76.1 Å². The molecule has 0 aliphatic carbocycles. The third-order valence-electron chi connectivity index (χ3n) is 4.09. The summed E-state index contributed by atoms with van der Waals surface area (Å²) in [6.45, 7) is 3.27. The van der Waals surface area contributed by atoms with Crippen LogP contribution in [0.5, 0.6) is 5.75 Å². The third kappa shape index (κ3) is 5.81. The van der Waals surface area contributed by atoms with Gasteiger partial charge in [0.15, 0.2) is 0 Å². The van der Waals surface area contributed by atoms with Crippen molar-refractivity contribution in [1.29, 1.82) is 0 Å². The van der Waals surface area contributed by atoms with Crippen LogP contribution in [0, 0.1) is 0 Å². The molecule has 2 aromatic carbocycles. The molecule has 1 amide bonds. The Morgan fingerprint density at radius 1 is 1.00 bits per heavy atom. The van der Waals surface area contributed by atoms with Crippen molar-refractivity contribution in [2.75, 3.05) is 11.9 Å². The molecule has 144 valence electrons. The molecule has 0 bridgehead atoms. The molecule has 3 rings (SSSR count). The molecule has 6 nitrogen and oxygen atoms in total. The van der Waals surface area contributed by atoms with Crippen molar-refractivity contribution in [1.82, 2.24) is 15.3 Å². The van der Waals surface area contributed by atoms with Gasteiger partial charge >= 0.3 is 0 Å². The molecule has 0 saturated heterocycles. The Bertz CT molecular complexity index is 865. The van der Waals surface area contributed by atoms with E-state index in [4.69, 9.17) is 4.74 Å². The summed E-state index contributed by atoms with van der Waals surface area (Å²) in [5.74, 6) is 1.07. The highest BCUT2D eigenvalue weighted by Crippen LogP contribution is 2.19. The van der Waals surface area contributed by atoms with E-state index in [0.29, 0.717) is 24.7 Å². The normalized spacial score (nSPS) is 10.3. The number of hydrogen-bond donors (Lipinski definition) is 2. The molecular formula is C22H24N4O2. The first-order valence-corrected chi connectivity index (χ1v) is 9.38. The third-order valence-corrected chi connectivity index (χ3v) is 4.09. The highest BCUT2D eigenvalue weighted by Gasteiger charge is 2.06. The van der Waals surface area contributed by atoms with Gasteiger partial charge in [0, 0.05) is 24.6 Å². The van der Waals surface area contributed by atoms with Crippen molar-refractivity contribution >= 4 is 17.5 Å². The number of hydrogen-bond acceptors (Lipinski definition) is 5. The Morgan fingerprint density at radius 3 is 2.39 bits per heavy atom. The van der Waals surface area contributed by atoms with Gasteiger partial charge in [-0.3, -0.25) is 4.79 Å². The zero-order valence-electron chi connectivity index (χ0n) is 15.9. The number of benzene rings is 2. The smallest absolute Gasteiger partial charge is 0.254 e. The summed E-state index contributed by atoms with van der Waals surface area (Å²) in [6, 6.07) is 17.6. The Morgan fingerprint density at radius 2 is 1.71 bits per heavy atom. The van der Waals surface area contributed by atoms with E-state index in [1.165, 1.54) is 12.4 Å². The van der Waals surface area contributed by atoms with Crippen molar-refractivity contribution in [2.45, 2.75) is 26.4 Å². The molecule has 0 saturated carbocycles. The van der Waals surface area contributed by atoms with Crippen molar-refractivity contribution in [3.8, 4) is 5.75 Å². The fourth-order valence-corrected chi connectivity index (χ4v) is 2.50. The summed E-state index contributed by atoms with van der Waals surface area (Å²) < 4.78 is 5.78. The number of nitrogens with one attached hydrogen (secondary N) is 2. The van der Waals surface area contributed by atoms with E-state index in [-0.39, 0.29) is 5.91 Å². The van der Waals surface area contributed by atoms with Gasteiger partial charge in [-0.1, -0.05) is 43.7 Å². The Hall–Kier alpha value is -3.41. The van der Waals surface area contributed by atoms with Crippen LogP contribution in [0.3, 0.4) is 0 Å². The average Bonchev–Trinajstić information content (AvgIpc) is 2.75. The SMILES string of the molecule is CCCCNC(=O)c1cnc(Nc2ccc(OCc3ccccc3)cc2)nc1. The molecule has 28 heavy (non-hydrogen) atoms. The summed E-state index contributed by atoms with van der Waals surface area (Å²) in [5.41, 5.74) is 2.41. The fraction of sp³-hybridized carbons (Fsp3) is 0.227. The zero-order valence-corrected chi connectivity index (χ0v) is 15.9. The number of nitrogens with zero attached hydrogens (tertiary/aromatic N) is 2. The molecular weight excluding hydrogens is 352 g/mol. The molecule has 0 unspecified atom stereocenters. The molecule has 1 aromatic heterocycles. The predicted molar refractivity (Wildman–Crippen MR) is 110 cm³/mol. The van der Waals surface area contributed by atoms with Crippen LogP contribution in [0.25, 0.3) is 0 Å². The highest BCUT2D eigenvalue weighted by atomic mass is 16.5. The quantitative estimate of drug-likeness (QED) is 0.544. The van der Waals surface area contributed by atoms with Crippen LogP contribution in [-0.4, -0.2) is 22.4 Å². The second-order valence-corrected chi connectivity index (χ2v) is 6.33. The van der Waals surface area contributed by atoms with Crippen LogP contribution in [-0.2, 0) is 6.61 Å². The first kappa shape index (κ1) is 19.4. The Kier molecular flexibility index (Phi) is 6.95. The van der Waals surface area contributed by atoms with E-state index < -0.39 is 0 Å². The number of aromatic nitrogens is 2. The summed E-state index contributed by atoms with van der Waals surface area (Å²) in [5, 5.41) is 5.96. The molecule has 0 fully saturated rings. The molecule has 0 atom stereocenters. The largest absolute Gasteiger partial charge is 0.489 e. The van der Waals surface area contributed by atoms with E-state index in [2.05, 4.69) is 27.5 Å². The lowest BCUT2D eigenvalue weighted by Crippen LogP contribution is -2.24. The van der Waals surface area contributed by atoms with Crippen LogP contribution in [0.15, 0.2) is 67.0 Å². The van der Waals surface area contributed by atoms with Gasteiger partial charge in [0.05, 0.1) is 5.56 Å². The van der Waals surface area contributed by atoms with Crippen molar-refractivity contribution in [3.05, 3.63) is 78.1 Å². The highest BCUT2D eigenvalue weighted by molar-refractivity contribution is 5.93. The maximum Gasteiger partial charge on any atom is 0.254 e. The van der Waals surface area contributed by atoms with E-state index in [1.54, 1.807) is 0 Å². The van der Waals surface area contributed by atoms with E-state index in [1.807, 2.05) is 54.6 Å². The van der Waals surface area contributed by atoms with Gasteiger partial charge in [0.25, 0.3) is 5.91 Å². The molecule has 0 radical (unpaired) electrons.